The molecule has 56 valence electrons. The Morgan fingerprint density at radius 3 is 2.00 bits per heavy atom. The fraction of sp³-hybridized carbons (Fsp3) is 0.625. The summed E-state index contributed by atoms with van der Waals surface area (Å²) >= 11 is 0. The minimum Gasteiger partial charge on any atom is -0.336 e. The van der Waals surface area contributed by atoms with Gasteiger partial charge in [0.05, 0.1) is 6.04 Å². The summed E-state index contributed by atoms with van der Waals surface area (Å²) in [5, 5.41) is 0. The number of amides is 1. The van der Waals surface area contributed by atoms with Crippen molar-refractivity contribution in [1.29, 1.82) is 0 Å². The molecule has 0 aliphatic carbocycles. The maximum atomic E-state index is 11.2. The molecule has 10 heavy (non-hydrogen) atoms. The number of rotatable bonds is 0. The van der Waals surface area contributed by atoms with Crippen LogP contribution in [0.15, 0.2) is 11.1 Å². The maximum absolute atomic E-state index is 11.2. The molecular formula is C8H13NO. The highest BCUT2D eigenvalue weighted by atomic mass is 16.2. The molecule has 0 aromatic heterocycles. The van der Waals surface area contributed by atoms with E-state index in [0.717, 1.165) is 5.57 Å². The SMILES string of the molecule is CC1=C(C)C(C)N(C)C1=O. The Labute approximate surface area is 61.5 Å². The molecule has 0 aromatic carbocycles. The van der Waals surface area contributed by atoms with Gasteiger partial charge >= 0.3 is 0 Å². The number of carbonyl (C=O) groups excluding carboxylic acids is 1. The third-order valence-corrected chi connectivity index (χ3v) is 2.44. The second kappa shape index (κ2) is 2.11. The van der Waals surface area contributed by atoms with E-state index in [1.165, 1.54) is 5.57 Å². The molecular weight excluding hydrogens is 126 g/mol. The van der Waals surface area contributed by atoms with Crippen LogP contribution >= 0.6 is 0 Å². The Morgan fingerprint density at radius 2 is 1.90 bits per heavy atom. The molecule has 2 heteroatoms. The average molecular weight is 139 g/mol. The van der Waals surface area contributed by atoms with Crippen molar-refractivity contribution in [3.63, 3.8) is 0 Å². The van der Waals surface area contributed by atoms with Crippen LogP contribution in [0.1, 0.15) is 20.8 Å². The highest BCUT2D eigenvalue weighted by Crippen LogP contribution is 2.22. The van der Waals surface area contributed by atoms with E-state index in [1.807, 2.05) is 27.8 Å². The smallest absolute Gasteiger partial charge is 0.249 e. The summed E-state index contributed by atoms with van der Waals surface area (Å²) in [4.78, 5) is 13.0. The highest BCUT2D eigenvalue weighted by molar-refractivity contribution is 5.96. The molecule has 0 N–H and O–H groups in total. The lowest BCUT2D eigenvalue weighted by Gasteiger charge is -2.16. The predicted molar refractivity (Wildman–Crippen MR) is 40.6 cm³/mol. The van der Waals surface area contributed by atoms with Crippen molar-refractivity contribution < 1.29 is 4.79 Å². The first-order valence-electron chi connectivity index (χ1n) is 3.50. The van der Waals surface area contributed by atoms with E-state index in [0.29, 0.717) is 6.04 Å². The number of hydrogen-bond donors (Lipinski definition) is 0. The fourth-order valence-corrected chi connectivity index (χ4v) is 1.21. The molecule has 1 unspecified atom stereocenters. The van der Waals surface area contributed by atoms with Crippen molar-refractivity contribution in [2.24, 2.45) is 0 Å². The lowest BCUT2D eigenvalue weighted by Crippen LogP contribution is -2.28. The van der Waals surface area contributed by atoms with E-state index in [1.54, 1.807) is 4.90 Å². The molecule has 0 spiro atoms. The lowest BCUT2D eigenvalue weighted by atomic mass is 10.1. The van der Waals surface area contributed by atoms with Crippen LogP contribution in [0.2, 0.25) is 0 Å². The van der Waals surface area contributed by atoms with Crippen molar-refractivity contribution in [3.8, 4) is 0 Å². The molecule has 0 aromatic rings. The summed E-state index contributed by atoms with van der Waals surface area (Å²) in [7, 11) is 1.84. The third kappa shape index (κ3) is 0.753. The monoisotopic (exact) mass is 139 g/mol. The molecule has 0 saturated heterocycles. The molecule has 2 nitrogen and oxygen atoms in total. The van der Waals surface area contributed by atoms with Gasteiger partial charge in [-0.3, -0.25) is 4.79 Å². The largest absolute Gasteiger partial charge is 0.336 e. The van der Waals surface area contributed by atoms with E-state index in [2.05, 4.69) is 0 Å². The number of nitrogens with zero attached hydrogens (tertiary/aromatic N) is 1. The molecule has 0 fully saturated rings. The van der Waals surface area contributed by atoms with Crippen molar-refractivity contribution in [2.75, 3.05) is 7.05 Å². The molecule has 1 aliphatic heterocycles. The van der Waals surface area contributed by atoms with E-state index < -0.39 is 0 Å². The Morgan fingerprint density at radius 1 is 1.40 bits per heavy atom. The molecule has 1 rings (SSSR count). The van der Waals surface area contributed by atoms with Crippen LogP contribution in [0.5, 0.6) is 0 Å². The first kappa shape index (κ1) is 7.32. The zero-order valence-electron chi connectivity index (χ0n) is 6.93. The van der Waals surface area contributed by atoms with Gasteiger partial charge in [0.2, 0.25) is 5.91 Å². The van der Waals surface area contributed by atoms with Gasteiger partial charge in [-0.15, -0.1) is 0 Å². The first-order valence-corrected chi connectivity index (χ1v) is 3.50. The Hall–Kier alpha value is -0.790. The molecule has 1 heterocycles. The minimum atomic E-state index is 0.171. The van der Waals surface area contributed by atoms with Crippen LogP contribution < -0.4 is 0 Å². The maximum Gasteiger partial charge on any atom is 0.249 e. The number of hydrogen-bond acceptors (Lipinski definition) is 1. The van der Waals surface area contributed by atoms with Gasteiger partial charge in [0, 0.05) is 12.6 Å². The van der Waals surface area contributed by atoms with E-state index in [4.69, 9.17) is 0 Å². The standard InChI is InChI=1S/C8H13NO/c1-5-6(2)8(10)9(4)7(5)3/h7H,1-4H3. The van der Waals surface area contributed by atoms with Crippen molar-refractivity contribution in [3.05, 3.63) is 11.1 Å². The van der Waals surface area contributed by atoms with Gasteiger partial charge in [-0.2, -0.15) is 0 Å². The van der Waals surface area contributed by atoms with Gasteiger partial charge in [0.25, 0.3) is 0 Å². The first-order chi connectivity index (χ1) is 4.55. The van der Waals surface area contributed by atoms with Crippen LogP contribution in [0, 0.1) is 0 Å². The van der Waals surface area contributed by atoms with Crippen LogP contribution in [-0.4, -0.2) is 23.9 Å². The van der Waals surface area contributed by atoms with Gasteiger partial charge in [-0.25, -0.2) is 0 Å². The Bertz CT molecular complexity index is 205. The fourth-order valence-electron chi connectivity index (χ4n) is 1.21. The topological polar surface area (TPSA) is 20.3 Å². The Kier molecular flexibility index (Phi) is 1.55. The number of carbonyl (C=O) groups is 1. The zero-order chi connectivity index (χ0) is 7.89. The summed E-state index contributed by atoms with van der Waals surface area (Å²) in [5.74, 6) is 0.171. The lowest BCUT2D eigenvalue weighted by molar-refractivity contribution is -0.125. The van der Waals surface area contributed by atoms with Crippen LogP contribution in [0.25, 0.3) is 0 Å². The normalized spacial score (nSPS) is 26.6. The van der Waals surface area contributed by atoms with Gasteiger partial charge in [0.1, 0.15) is 0 Å². The van der Waals surface area contributed by atoms with Gasteiger partial charge < -0.3 is 4.90 Å². The second-order valence-electron chi connectivity index (χ2n) is 2.90. The van der Waals surface area contributed by atoms with Crippen molar-refractivity contribution in [2.45, 2.75) is 26.8 Å². The van der Waals surface area contributed by atoms with Gasteiger partial charge in [-0.05, 0) is 26.3 Å². The summed E-state index contributed by atoms with van der Waals surface area (Å²) in [5.41, 5.74) is 2.11. The summed E-state index contributed by atoms with van der Waals surface area (Å²) in [6.07, 6.45) is 0. The van der Waals surface area contributed by atoms with Crippen LogP contribution in [0.3, 0.4) is 0 Å². The third-order valence-electron chi connectivity index (χ3n) is 2.44. The second-order valence-corrected chi connectivity index (χ2v) is 2.90. The van der Waals surface area contributed by atoms with E-state index >= 15 is 0 Å². The van der Waals surface area contributed by atoms with E-state index in [9.17, 15) is 4.79 Å². The Balaban J connectivity index is 2.99. The van der Waals surface area contributed by atoms with Gasteiger partial charge in [0.15, 0.2) is 0 Å². The molecule has 0 saturated carbocycles. The minimum absolute atomic E-state index is 0.171. The van der Waals surface area contributed by atoms with Crippen LogP contribution in [0.4, 0.5) is 0 Å². The zero-order valence-corrected chi connectivity index (χ0v) is 6.93. The number of likely N-dealkylation sites (N-methyl/N-ethyl adjacent to an activating group) is 1. The summed E-state index contributed by atoms with van der Waals surface area (Å²) in [6.45, 7) is 5.95. The molecule has 0 bridgehead atoms. The van der Waals surface area contributed by atoms with Crippen LogP contribution in [-0.2, 0) is 4.79 Å². The average Bonchev–Trinajstić information content (AvgIpc) is 2.07. The predicted octanol–water partition coefficient (Wildman–Crippen LogP) is 1.18. The quantitative estimate of drug-likeness (QED) is 0.493. The van der Waals surface area contributed by atoms with E-state index in [-0.39, 0.29) is 5.91 Å². The molecule has 1 aliphatic rings. The van der Waals surface area contributed by atoms with Crippen molar-refractivity contribution >= 4 is 5.91 Å². The molecule has 1 atom stereocenters. The molecule has 0 radical (unpaired) electrons. The van der Waals surface area contributed by atoms with Gasteiger partial charge in [-0.1, -0.05) is 0 Å². The highest BCUT2D eigenvalue weighted by Gasteiger charge is 2.27. The van der Waals surface area contributed by atoms with Crippen molar-refractivity contribution in [1.82, 2.24) is 4.90 Å². The molecule has 1 amide bonds. The summed E-state index contributed by atoms with van der Waals surface area (Å²) < 4.78 is 0. The summed E-state index contributed by atoms with van der Waals surface area (Å²) in [6, 6.07) is 0.299.